The van der Waals surface area contributed by atoms with Crippen LogP contribution < -0.4 is 4.90 Å². The van der Waals surface area contributed by atoms with Gasteiger partial charge in [-0.25, -0.2) is 12.7 Å². The van der Waals surface area contributed by atoms with Gasteiger partial charge in [0.2, 0.25) is 10.0 Å². The summed E-state index contributed by atoms with van der Waals surface area (Å²) >= 11 is 0. The zero-order chi connectivity index (χ0) is 22.0. The van der Waals surface area contributed by atoms with Crippen molar-refractivity contribution in [2.24, 2.45) is 0 Å². The van der Waals surface area contributed by atoms with Crippen LogP contribution in [0, 0.1) is 0 Å². The van der Waals surface area contributed by atoms with E-state index in [1.165, 1.54) is 26.2 Å². The van der Waals surface area contributed by atoms with E-state index in [2.05, 4.69) is 0 Å². The molecule has 0 atom stereocenters. The first-order valence-corrected chi connectivity index (χ1v) is 11.2. The highest BCUT2D eigenvalue weighted by Gasteiger charge is 2.23. The Hall–Kier alpha value is -3.48. The van der Waals surface area contributed by atoms with E-state index >= 15 is 0 Å². The number of fused-ring (bicyclic) bond motifs is 1. The maximum absolute atomic E-state index is 13.6. The fourth-order valence-corrected chi connectivity index (χ4v) is 4.35. The Labute approximate surface area is 182 Å². The van der Waals surface area contributed by atoms with E-state index < -0.39 is 10.0 Å². The van der Waals surface area contributed by atoms with Crippen LogP contribution in [0.25, 0.3) is 10.8 Å². The van der Waals surface area contributed by atoms with Crippen molar-refractivity contribution in [1.29, 1.82) is 0 Å². The molecule has 6 heteroatoms. The molecule has 0 bridgehead atoms. The molecule has 0 N–H and O–H groups in total. The van der Waals surface area contributed by atoms with E-state index in [1.807, 2.05) is 72.8 Å². The van der Waals surface area contributed by atoms with Crippen molar-refractivity contribution in [1.82, 2.24) is 4.31 Å². The SMILES string of the molecule is CN(C)S(=O)(=O)c1cccc(C(=O)N(c2ccccc2)c2ccc3ccccc3c2)c1. The molecule has 0 radical (unpaired) electrons. The Morgan fingerprint density at radius 3 is 2.06 bits per heavy atom. The molecule has 0 fully saturated rings. The minimum absolute atomic E-state index is 0.0786. The summed E-state index contributed by atoms with van der Waals surface area (Å²) < 4.78 is 26.3. The lowest BCUT2D eigenvalue weighted by Gasteiger charge is -2.24. The Morgan fingerprint density at radius 1 is 0.677 bits per heavy atom. The summed E-state index contributed by atoms with van der Waals surface area (Å²) in [6, 6.07) is 29.2. The number of hydrogen-bond acceptors (Lipinski definition) is 3. The summed E-state index contributed by atoms with van der Waals surface area (Å²) in [4.78, 5) is 15.3. The standard InChI is InChI=1S/C25H22N2O3S/c1-26(2)31(29,30)24-14-8-11-21(18-24)25(28)27(22-12-4-3-5-13-22)23-16-15-19-9-6-7-10-20(19)17-23/h3-18H,1-2H3. The van der Waals surface area contributed by atoms with Crippen molar-refractivity contribution in [2.45, 2.75) is 4.90 Å². The fraction of sp³-hybridized carbons (Fsp3) is 0.0800. The van der Waals surface area contributed by atoms with Gasteiger partial charge in [0.1, 0.15) is 0 Å². The number of para-hydroxylation sites is 1. The summed E-state index contributed by atoms with van der Waals surface area (Å²) in [7, 11) is -0.719. The van der Waals surface area contributed by atoms with Crippen molar-refractivity contribution in [3.8, 4) is 0 Å². The number of carbonyl (C=O) groups is 1. The molecular weight excluding hydrogens is 408 g/mol. The Balaban J connectivity index is 1.84. The monoisotopic (exact) mass is 430 g/mol. The Kier molecular flexibility index (Phi) is 5.59. The molecule has 0 aliphatic rings. The Bertz CT molecular complexity index is 1350. The molecule has 0 heterocycles. The zero-order valence-electron chi connectivity index (χ0n) is 17.3. The highest BCUT2D eigenvalue weighted by molar-refractivity contribution is 7.89. The van der Waals surface area contributed by atoms with Crippen molar-refractivity contribution in [3.05, 3.63) is 103 Å². The first-order valence-electron chi connectivity index (χ1n) is 9.79. The minimum atomic E-state index is -3.65. The second kappa shape index (κ2) is 8.34. The lowest BCUT2D eigenvalue weighted by Crippen LogP contribution is -2.27. The van der Waals surface area contributed by atoms with Gasteiger partial charge in [0, 0.05) is 31.0 Å². The molecule has 5 nitrogen and oxygen atoms in total. The number of nitrogens with zero attached hydrogens (tertiary/aromatic N) is 2. The summed E-state index contributed by atoms with van der Waals surface area (Å²) in [5.74, 6) is -0.308. The van der Waals surface area contributed by atoms with Gasteiger partial charge in [-0.2, -0.15) is 0 Å². The van der Waals surface area contributed by atoms with Gasteiger partial charge >= 0.3 is 0 Å². The van der Waals surface area contributed by atoms with Gasteiger partial charge < -0.3 is 0 Å². The topological polar surface area (TPSA) is 57.7 Å². The van der Waals surface area contributed by atoms with Gasteiger partial charge in [-0.1, -0.05) is 54.6 Å². The lowest BCUT2D eigenvalue weighted by atomic mass is 10.1. The van der Waals surface area contributed by atoms with Crippen LogP contribution in [0.4, 0.5) is 11.4 Å². The third-order valence-corrected chi connectivity index (χ3v) is 6.88. The van der Waals surface area contributed by atoms with Crippen LogP contribution in [0.1, 0.15) is 10.4 Å². The Morgan fingerprint density at radius 2 is 1.35 bits per heavy atom. The highest BCUT2D eigenvalue weighted by atomic mass is 32.2. The largest absolute Gasteiger partial charge is 0.277 e. The van der Waals surface area contributed by atoms with Gasteiger partial charge in [0.15, 0.2) is 0 Å². The van der Waals surface area contributed by atoms with Crippen LogP contribution in [-0.2, 0) is 10.0 Å². The van der Waals surface area contributed by atoms with Crippen LogP contribution in [0.5, 0.6) is 0 Å². The average Bonchev–Trinajstić information content (AvgIpc) is 2.80. The molecule has 4 aromatic carbocycles. The molecule has 0 unspecified atom stereocenters. The number of benzene rings is 4. The molecule has 0 spiro atoms. The molecule has 0 aromatic heterocycles. The van der Waals surface area contributed by atoms with E-state index in [0.29, 0.717) is 16.9 Å². The van der Waals surface area contributed by atoms with E-state index in [-0.39, 0.29) is 10.8 Å². The second-order valence-electron chi connectivity index (χ2n) is 7.32. The molecule has 0 aliphatic heterocycles. The average molecular weight is 431 g/mol. The lowest BCUT2D eigenvalue weighted by molar-refractivity contribution is 0.0999. The van der Waals surface area contributed by atoms with E-state index in [4.69, 9.17) is 0 Å². The maximum atomic E-state index is 13.6. The quantitative estimate of drug-likeness (QED) is 0.444. The van der Waals surface area contributed by atoms with Crippen LogP contribution in [0.15, 0.2) is 102 Å². The van der Waals surface area contributed by atoms with Crippen LogP contribution in [0.2, 0.25) is 0 Å². The number of sulfonamides is 1. The van der Waals surface area contributed by atoms with Crippen molar-refractivity contribution in [3.63, 3.8) is 0 Å². The van der Waals surface area contributed by atoms with Gasteiger partial charge in [0.05, 0.1) is 4.90 Å². The first-order chi connectivity index (χ1) is 14.9. The first kappa shape index (κ1) is 20.8. The number of carbonyl (C=O) groups excluding carboxylic acids is 1. The third-order valence-electron chi connectivity index (χ3n) is 5.07. The van der Waals surface area contributed by atoms with E-state index in [9.17, 15) is 13.2 Å². The van der Waals surface area contributed by atoms with Crippen LogP contribution in [-0.4, -0.2) is 32.7 Å². The molecule has 1 amide bonds. The zero-order valence-corrected chi connectivity index (χ0v) is 18.1. The molecule has 4 rings (SSSR count). The predicted octanol–water partition coefficient (Wildman–Crippen LogP) is 5.07. The molecule has 4 aromatic rings. The van der Waals surface area contributed by atoms with Crippen LogP contribution >= 0.6 is 0 Å². The normalized spacial score (nSPS) is 11.6. The molecular formula is C25H22N2O3S. The third kappa shape index (κ3) is 4.08. The summed E-state index contributed by atoms with van der Waals surface area (Å²) in [6.45, 7) is 0. The van der Waals surface area contributed by atoms with Crippen LogP contribution in [0.3, 0.4) is 0 Å². The number of anilines is 2. The molecule has 0 saturated heterocycles. The molecule has 156 valence electrons. The number of hydrogen-bond donors (Lipinski definition) is 0. The molecule has 0 aliphatic carbocycles. The number of amides is 1. The van der Waals surface area contributed by atoms with Gasteiger partial charge in [-0.05, 0) is 53.2 Å². The minimum Gasteiger partial charge on any atom is -0.277 e. The van der Waals surface area contributed by atoms with Crippen molar-refractivity contribution >= 4 is 38.1 Å². The van der Waals surface area contributed by atoms with Gasteiger partial charge in [-0.3, -0.25) is 9.69 Å². The highest BCUT2D eigenvalue weighted by Crippen LogP contribution is 2.30. The summed E-state index contributed by atoms with van der Waals surface area (Å²) in [5, 5.41) is 2.09. The number of rotatable bonds is 5. The van der Waals surface area contributed by atoms with Gasteiger partial charge in [0.25, 0.3) is 5.91 Å². The smallest absolute Gasteiger partial charge is 0.262 e. The maximum Gasteiger partial charge on any atom is 0.262 e. The second-order valence-corrected chi connectivity index (χ2v) is 9.47. The molecule has 0 saturated carbocycles. The summed E-state index contributed by atoms with van der Waals surface area (Å²) in [5.41, 5.74) is 1.69. The molecule has 31 heavy (non-hydrogen) atoms. The van der Waals surface area contributed by atoms with E-state index in [1.54, 1.807) is 17.0 Å². The van der Waals surface area contributed by atoms with Crippen molar-refractivity contribution < 1.29 is 13.2 Å². The summed E-state index contributed by atoms with van der Waals surface area (Å²) in [6.07, 6.45) is 0. The predicted molar refractivity (Wildman–Crippen MR) is 124 cm³/mol. The fourth-order valence-electron chi connectivity index (χ4n) is 3.41. The van der Waals surface area contributed by atoms with Gasteiger partial charge in [-0.15, -0.1) is 0 Å². The van der Waals surface area contributed by atoms with E-state index in [0.717, 1.165) is 15.1 Å². The van der Waals surface area contributed by atoms with Crippen molar-refractivity contribution in [2.75, 3.05) is 19.0 Å².